The standard InChI is InChI=1S/C19H22O2/c1-14(20)17-18(2,3)21-19(17,15-10-6-4-7-11-15)16-12-8-5-9-13-16/h4-14,17,20H,1-3H3. The predicted molar refractivity (Wildman–Crippen MR) is 84.0 cm³/mol. The highest BCUT2D eigenvalue weighted by molar-refractivity contribution is 5.42. The maximum absolute atomic E-state index is 10.4. The molecule has 21 heavy (non-hydrogen) atoms. The van der Waals surface area contributed by atoms with Gasteiger partial charge in [-0.25, -0.2) is 0 Å². The highest BCUT2D eigenvalue weighted by Gasteiger charge is 2.63. The van der Waals surface area contributed by atoms with Gasteiger partial charge in [-0.1, -0.05) is 60.7 Å². The minimum Gasteiger partial charge on any atom is -0.393 e. The van der Waals surface area contributed by atoms with Crippen LogP contribution in [0.4, 0.5) is 0 Å². The van der Waals surface area contributed by atoms with E-state index in [4.69, 9.17) is 4.74 Å². The van der Waals surface area contributed by atoms with E-state index in [0.717, 1.165) is 11.1 Å². The highest BCUT2D eigenvalue weighted by Crippen LogP contribution is 2.58. The molecule has 2 aromatic rings. The zero-order valence-electron chi connectivity index (χ0n) is 12.8. The molecule has 0 bridgehead atoms. The number of aliphatic hydroxyl groups is 1. The lowest BCUT2D eigenvalue weighted by Crippen LogP contribution is -2.67. The summed E-state index contributed by atoms with van der Waals surface area (Å²) in [5.74, 6) is 0.00907. The van der Waals surface area contributed by atoms with Crippen molar-refractivity contribution in [2.45, 2.75) is 38.1 Å². The molecular formula is C19H22O2. The quantitative estimate of drug-likeness (QED) is 0.929. The summed E-state index contributed by atoms with van der Waals surface area (Å²) >= 11 is 0. The zero-order chi connectivity index (χ0) is 15.1. The Morgan fingerprint density at radius 3 is 1.67 bits per heavy atom. The molecule has 1 heterocycles. The molecule has 3 rings (SSSR count). The van der Waals surface area contributed by atoms with E-state index in [9.17, 15) is 5.11 Å². The first kappa shape index (κ1) is 14.3. The molecule has 2 unspecified atom stereocenters. The van der Waals surface area contributed by atoms with Gasteiger partial charge in [-0.05, 0) is 31.9 Å². The fourth-order valence-corrected chi connectivity index (χ4v) is 3.91. The third kappa shape index (κ3) is 2.10. The molecule has 2 nitrogen and oxygen atoms in total. The summed E-state index contributed by atoms with van der Waals surface area (Å²) in [6.45, 7) is 5.96. The van der Waals surface area contributed by atoms with Crippen LogP contribution in [0.3, 0.4) is 0 Å². The third-order valence-corrected chi connectivity index (χ3v) is 4.50. The minimum atomic E-state index is -0.569. The van der Waals surface area contributed by atoms with Gasteiger partial charge in [0.2, 0.25) is 0 Å². The van der Waals surface area contributed by atoms with Gasteiger partial charge in [-0.3, -0.25) is 0 Å². The Morgan fingerprint density at radius 2 is 1.33 bits per heavy atom. The minimum absolute atomic E-state index is 0.00907. The fraction of sp³-hybridized carbons (Fsp3) is 0.368. The number of aliphatic hydroxyl groups excluding tert-OH is 1. The molecule has 1 N–H and O–H groups in total. The topological polar surface area (TPSA) is 29.5 Å². The van der Waals surface area contributed by atoms with Crippen LogP contribution >= 0.6 is 0 Å². The molecular weight excluding hydrogens is 260 g/mol. The summed E-state index contributed by atoms with van der Waals surface area (Å²) in [5.41, 5.74) is 1.28. The molecule has 2 aromatic carbocycles. The van der Waals surface area contributed by atoms with Gasteiger partial charge in [0.05, 0.1) is 17.6 Å². The first-order valence-electron chi connectivity index (χ1n) is 7.48. The SMILES string of the molecule is CC(O)C1C(C)(C)OC1(c1ccccc1)c1ccccc1. The van der Waals surface area contributed by atoms with Gasteiger partial charge in [0.15, 0.2) is 0 Å². The van der Waals surface area contributed by atoms with Crippen LogP contribution in [0.1, 0.15) is 31.9 Å². The van der Waals surface area contributed by atoms with E-state index >= 15 is 0 Å². The Hall–Kier alpha value is -1.64. The number of benzene rings is 2. The van der Waals surface area contributed by atoms with Gasteiger partial charge in [0.1, 0.15) is 5.60 Å². The van der Waals surface area contributed by atoms with Crippen molar-refractivity contribution in [2.75, 3.05) is 0 Å². The van der Waals surface area contributed by atoms with Crippen LogP contribution in [-0.4, -0.2) is 16.8 Å². The van der Waals surface area contributed by atoms with Crippen molar-refractivity contribution >= 4 is 0 Å². The molecule has 2 heteroatoms. The van der Waals surface area contributed by atoms with Crippen LogP contribution in [-0.2, 0) is 10.3 Å². The second-order valence-corrected chi connectivity index (χ2v) is 6.39. The van der Waals surface area contributed by atoms with Crippen molar-refractivity contribution in [3.05, 3.63) is 71.8 Å². The summed E-state index contributed by atoms with van der Waals surface area (Å²) in [6.07, 6.45) is -0.450. The van der Waals surface area contributed by atoms with Crippen LogP contribution in [0.2, 0.25) is 0 Å². The van der Waals surface area contributed by atoms with E-state index in [-0.39, 0.29) is 11.5 Å². The summed E-state index contributed by atoms with van der Waals surface area (Å²) in [5, 5.41) is 10.4. The molecule has 1 aliphatic heterocycles. The maximum Gasteiger partial charge on any atom is 0.127 e. The van der Waals surface area contributed by atoms with Gasteiger partial charge >= 0.3 is 0 Å². The second kappa shape index (κ2) is 4.97. The van der Waals surface area contributed by atoms with Gasteiger partial charge < -0.3 is 9.84 Å². The first-order chi connectivity index (χ1) is 9.98. The van der Waals surface area contributed by atoms with Crippen molar-refractivity contribution < 1.29 is 9.84 Å². The van der Waals surface area contributed by atoms with Crippen molar-refractivity contribution in [1.82, 2.24) is 0 Å². The Labute approximate surface area is 126 Å². The zero-order valence-corrected chi connectivity index (χ0v) is 12.8. The normalized spacial score (nSPS) is 24.1. The molecule has 1 fully saturated rings. The average molecular weight is 282 g/mol. The monoisotopic (exact) mass is 282 g/mol. The average Bonchev–Trinajstić information content (AvgIpc) is 2.46. The van der Waals surface area contributed by atoms with Crippen molar-refractivity contribution in [1.29, 1.82) is 0 Å². The number of hydrogen-bond donors (Lipinski definition) is 1. The molecule has 0 radical (unpaired) electrons. The number of ether oxygens (including phenoxy) is 1. The molecule has 0 saturated carbocycles. The smallest absolute Gasteiger partial charge is 0.127 e. The molecule has 1 aliphatic rings. The second-order valence-electron chi connectivity index (χ2n) is 6.39. The van der Waals surface area contributed by atoms with Crippen LogP contribution in [0, 0.1) is 5.92 Å². The number of rotatable bonds is 3. The lowest BCUT2D eigenvalue weighted by molar-refractivity contribution is -0.319. The van der Waals surface area contributed by atoms with Gasteiger partial charge in [0.25, 0.3) is 0 Å². The lowest BCUT2D eigenvalue weighted by atomic mass is 9.61. The van der Waals surface area contributed by atoms with Crippen molar-refractivity contribution in [2.24, 2.45) is 5.92 Å². The molecule has 0 spiro atoms. The van der Waals surface area contributed by atoms with Crippen LogP contribution < -0.4 is 0 Å². The van der Waals surface area contributed by atoms with E-state index in [2.05, 4.69) is 38.1 Å². The predicted octanol–water partition coefficient (Wildman–Crippen LogP) is 3.74. The molecule has 1 saturated heterocycles. The van der Waals surface area contributed by atoms with E-state index in [1.54, 1.807) is 0 Å². The van der Waals surface area contributed by atoms with E-state index in [1.807, 2.05) is 43.3 Å². The first-order valence-corrected chi connectivity index (χ1v) is 7.48. The molecule has 2 atom stereocenters. The van der Waals surface area contributed by atoms with Crippen LogP contribution in [0.15, 0.2) is 60.7 Å². The van der Waals surface area contributed by atoms with Crippen molar-refractivity contribution in [3.63, 3.8) is 0 Å². The summed E-state index contributed by atoms with van der Waals surface area (Å²) < 4.78 is 6.40. The third-order valence-electron chi connectivity index (χ3n) is 4.50. The molecule has 0 aromatic heterocycles. The largest absolute Gasteiger partial charge is 0.393 e. The van der Waals surface area contributed by atoms with Crippen molar-refractivity contribution in [3.8, 4) is 0 Å². The van der Waals surface area contributed by atoms with E-state index in [0.29, 0.717) is 0 Å². The molecule has 0 aliphatic carbocycles. The Balaban J connectivity index is 2.19. The summed E-state index contributed by atoms with van der Waals surface area (Å²) in [4.78, 5) is 0. The van der Waals surface area contributed by atoms with Gasteiger partial charge in [-0.2, -0.15) is 0 Å². The fourth-order valence-electron chi connectivity index (χ4n) is 3.91. The Morgan fingerprint density at radius 1 is 0.905 bits per heavy atom. The molecule has 110 valence electrons. The number of hydrogen-bond acceptors (Lipinski definition) is 2. The van der Waals surface area contributed by atoms with E-state index < -0.39 is 11.7 Å². The van der Waals surface area contributed by atoms with Crippen LogP contribution in [0.25, 0.3) is 0 Å². The lowest BCUT2D eigenvalue weighted by Gasteiger charge is -2.61. The van der Waals surface area contributed by atoms with Crippen LogP contribution in [0.5, 0.6) is 0 Å². The van der Waals surface area contributed by atoms with Gasteiger partial charge in [-0.15, -0.1) is 0 Å². The summed E-state index contributed by atoms with van der Waals surface area (Å²) in [7, 11) is 0. The Kier molecular flexibility index (Phi) is 3.39. The highest BCUT2D eigenvalue weighted by atomic mass is 16.6. The Bertz CT molecular complexity index is 562. The molecule has 0 amide bonds. The van der Waals surface area contributed by atoms with Gasteiger partial charge in [0, 0.05) is 0 Å². The van der Waals surface area contributed by atoms with E-state index in [1.165, 1.54) is 0 Å². The summed E-state index contributed by atoms with van der Waals surface area (Å²) in [6, 6.07) is 20.4. The maximum atomic E-state index is 10.4.